The highest BCUT2D eigenvalue weighted by molar-refractivity contribution is 7.53. The van der Waals surface area contributed by atoms with Gasteiger partial charge in [0.05, 0.1) is 65.2 Å². The average Bonchev–Trinajstić information content (AvgIpc) is 3.40. The lowest BCUT2D eigenvalue weighted by Crippen LogP contribution is -2.06. The number of ether oxygens (including phenoxy) is 4. The Morgan fingerprint density at radius 1 is 0.329 bits per heavy atom. The van der Waals surface area contributed by atoms with Gasteiger partial charge in [0.2, 0.25) is 0 Å². The quantitative estimate of drug-likeness (QED) is 0.0308. The van der Waals surface area contributed by atoms with Gasteiger partial charge in [-0.15, -0.1) is 0 Å². The van der Waals surface area contributed by atoms with Crippen LogP contribution in [0.25, 0.3) is 24.3 Å². The van der Waals surface area contributed by atoms with Gasteiger partial charge in [-0.1, -0.05) is 205 Å². The lowest BCUT2D eigenvalue weighted by atomic mass is 10.0. The van der Waals surface area contributed by atoms with Crippen LogP contribution < -0.4 is 18.9 Å². The Kier molecular flexibility index (Phi) is 36.7. The summed E-state index contributed by atoms with van der Waals surface area (Å²) in [6.45, 7) is 19.8. The fourth-order valence-electron chi connectivity index (χ4n) is 9.07. The molecule has 0 fully saturated rings. The number of hydrogen-bond donors (Lipinski definition) is 0. The molecule has 430 valence electrons. The van der Waals surface area contributed by atoms with E-state index in [1.165, 1.54) is 103 Å². The summed E-state index contributed by atoms with van der Waals surface area (Å²) in [7, 11) is -6.87. The minimum atomic E-state index is -3.44. The monoisotopic (exact) mass is 1090 g/mol. The van der Waals surface area contributed by atoms with Crippen molar-refractivity contribution < 1.29 is 46.2 Å². The van der Waals surface area contributed by atoms with E-state index in [1.807, 2.05) is 52.0 Å². The molecule has 0 bridgehead atoms. The zero-order valence-corrected chi connectivity index (χ0v) is 50.7. The second kappa shape index (κ2) is 41.7. The first-order valence-electron chi connectivity index (χ1n) is 30.2. The van der Waals surface area contributed by atoms with E-state index < -0.39 is 15.2 Å². The maximum Gasteiger partial charge on any atom is 0.335 e. The highest BCUT2D eigenvalue weighted by Crippen LogP contribution is 2.54. The Bertz CT molecular complexity index is 1950. The second-order valence-electron chi connectivity index (χ2n) is 20.0. The van der Waals surface area contributed by atoms with Gasteiger partial charge in [-0.2, -0.15) is 0 Å². The van der Waals surface area contributed by atoms with Crippen molar-refractivity contribution in [2.45, 2.75) is 222 Å². The van der Waals surface area contributed by atoms with Gasteiger partial charge in [0.15, 0.2) is 0 Å². The lowest BCUT2D eigenvalue weighted by molar-refractivity contribution is 0.217. The summed E-state index contributed by atoms with van der Waals surface area (Å²) in [4.78, 5) is 0. The molecule has 0 N–H and O–H groups in total. The van der Waals surface area contributed by atoms with Crippen molar-refractivity contribution in [3.63, 3.8) is 0 Å². The molecular weight excluding hydrogens is 991 g/mol. The van der Waals surface area contributed by atoms with Crippen LogP contribution in [0.4, 0.5) is 0 Å². The number of unbranched alkanes of at least 4 members (excludes halogenated alkanes) is 20. The molecular formula is C64H104O10P2. The molecule has 0 heterocycles. The Morgan fingerprint density at radius 3 is 0.868 bits per heavy atom. The van der Waals surface area contributed by atoms with E-state index in [-0.39, 0.29) is 38.8 Å². The van der Waals surface area contributed by atoms with Crippen molar-refractivity contribution in [3.05, 3.63) is 81.9 Å². The van der Waals surface area contributed by atoms with E-state index in [9.17, 15) is 9.13 Å². The third-order valence-corrected chi connectivity index (χ3v) is 17.3. The standard InChI is InChI=1S/C64H104O10P2/c1-9-17-21-25-29-33-45-67-61-51-59(53-75(65,71-13-5)72-14-6)63(69-47-35-31-27-23-19-11-3)49-57(61)43-41-55-37-39-56(40-38-55)42-44-58-50-64(70-48-36-32-28-24-20-12-4)60(54-76(66,73-15-7)74-16-8)52-62(58)68-46-34-30-26-22-18-10-2/h37-44,49-52H,9-36,45-48,53-54H2,1-8H3/b43-41-,44-42+. The number of rotatable bonds is 48. The first kappa shape index (κ1) is 66.9. The predicted molar refractivity (Wildman–Crippen MR) is 322 cm³/mol. The smallest absolute Gasteiger partial charge is 0.335 e. The van der Waals surface area contributed by atoms with Gasteiger partial charge in [0, 0.05) is 22.3 Å². The zero-order chi connectivity index (χ0) is 55.0. The van der Waals surface area contributed by atoms with Gasteiger partial charge in [-0.25, -0.2) is 0 Å². The van der Waals surface area contributed by atoms with Crippen LogP contribution in [0.3, 0.4) is 0 Å². The lowest BCUT2D eigenvalue weighted by Gasteiger charge is -2.21. The maximum absolute atomic E-state index is 14.0. The molecule has 0 aliphatic rings. The zero-order valence-electron chi connectivity index (χ0n) is 48.9. The Labute approximate surface area is 463 Å². The fourth-order valence-corrected chi connectivity index (χ4v) is 12.5. The predicted octanol–water partition coefficient (Wildman–Crippen LogP) is 20.5. The molecule has 0 unspecified atom stereocenters. The molecule has 0 aromatic heterocycles. The Hall–Kier alpha value is -3.36. The van der Waals surface area contributed by atoms with Crippen molar-refractivity contribution in [2.75, 3.05) is 52.9 Å². The van der Waals surface area contributed by atoms with E-state index >= 15 is 0 Å². The summed E-state index contributed by atoms with van der Waals surface area (Å²) in [6.07, 6.45) is 36.4. The summed E-state index contributed by atoms with van der Waals surface area (Å²) < 4.78 is 77.3. The molecule has 0 saturated carbocycles. The molecule has 0 aliphatic heterocycles. The van der Waals surface area contributed by atoms with Crippen molar-refractivity contribution >= 4 is 39.5 Å². The van der Waals surface area contributed by atoms with Crippen LogP contribution >= 0.6 is 15.2 Å². The highest BCUT2D eigenvalue weighted by Gasteiger charge is 2.29. The minimum Gasteiger partial charge on any atom is -0.493 e. The molecule has 0 aliphatic carbocycles. The molecule has 0 spiro atoms. The van der Waals surface area contributed by atoms with Gasteiger partial charge < -0.3 is 37.0 Å². The normalized spacial score (nSPS) is 12.1. The van der Waals surface area contributed by atoms with E-state index in [2.05, 4.69) is 76.3 Å². The van der Waals surface area contributed by atoms with Gasteiger partial charge in [0.1, 0.15) is 23.0 Å². The van der Waals surface area contributed by atoms with Crippen LogP contribution in [0.15, 0.2) is 48.5 Å². The van der Waals surface area contributed by atoms with Gasteiger partial charge >= 0.3 is 15.2 Å². The topological polar surface area (TPSA) is 108 Å². The van der Waals surface area contributed by atoms with Crippen LogP contribution in [-0.2, 0) is 39.5 Å². The summed E-state index contributed by atoms with van der Waals surface area (Å²) in [5, 5.41) is 0. The van der Waals surface area contributed by atoms with Crippen molar-refractivity contribution in [1.82, 2.24) is 0 Å². The second-order valence-corrected chi connectivity index (χ2v) is 24.1. The van der Waals surface area contributed by atoms with Crippen LogP contribution in [-0.4, -0.2) is 52.9 Å². The molecule has 0 amide bonds. The SMILES string of the molecule is CCCCCCCCOc1cc(CP(=O)(OCC)OCC)c(OCCCCCCCC)cc1/C=C\c1ccc(/C=C/c2cc(OCCCCCCCC)c(CP(=O)(OCC)OCC)cc2OCCCCCCCC)cc1. The number of hydrogen-bond acceptors (Lipinski definition) is 10. The van der Waals surface area contributed by atoms with E-state index in [4.69, 9.17) is 37.0 Å². The van der Waals surface area contributed by atoms with Crippen molar-refractivity contribution in [2.24, 2.45) is 0 Å². The van der Waals surface area contributed by atoms with Gasteiger partial charge in [-0.3, -0.25) is 9.13 Å². The highest BCUT2D eigenvalue weighted by atomic mass is 31.2. The third kappa shape index (κ3) is 28.0. The van der Waals surface area contributed by atoms with E-state index in [1.54, 1.807) is 0 Å². The summed E-state index contributed by atoms with van der Waals surface area (Å²) >= 11 is 0. The fraction of sp³-hybridized carbons (Fsp3) is 0.656. The minimum absolute atomic E-state index is 0.0984. The van der Waals surface area contributed by atoms with E-state index in [0.717, 1.165) is 96.2 Å². The number of benzene rings is 3. The summed E-state index contributed by atoms with van der Waals surface area (Å²) in [6, 6.07) is 16.5. The molecule has 12 heteroatoms. The molecule has 0 atom stereocenters. The Balaban J connectivity index is 2.01. The largest absolute Gasteiger partial charge is 0.493 e. The van der Waals surface area contributed by atoms with Crippen LogP contribution in [0.2, 0.25) is 0 Å². The van der Waals surface area contributed by atoms with E-state index in [0.29, 0.717) is 37.9 Å². The molecule has 3 rings (SSSR count). The van der Waals surface area contributed by atoms with Gasteiger partial charge in [-0.05, 0) is 88.8 Å². The summed E-state index contributed by atoms with van der Waals surface area (Å²) in [5.41, 5.74) is 5.37. The first-order chi connectivity index (χ1) is 37.1. The molecule has 0 radical (unpaired) electrons. The maximum atomic E-state index is 14.0. The van der Waals surface area contributed by atoms with Crippen LogP contribution in [0, 0.1) is 0 Å². The summed E-state index contributed by atoms with van der Waals surface area (Å²) in [5.74, 6) is 2.80. The molecule has 0 saturated heterocycles. The van der Waals surface area contributed by atoms with Crippen LogP contribution in [0.5, 0.6) is 23.0 Å². The van der Waals surface area contributed by atoms with Crippen molar-refractivity contribution in [3.8, 4) is 23.0 Å². The van der Waals surface area contributed by atoms with Gasteiger partial charge in [0.25, 0.3) is 0 Å². The molecule has 3 aromatic rings. The average molecular weight is 1100 g/mol. The third-order valence-electron chi connectivity index (χ3n) is 13.3. The molecule has 3 aromatic carbocycles. The van der Waals surface area contributed by atoms with Crippen LogP contribution in [0.1, 0.15) is 243 Å². The molecule has 10 nitrogen and oxygen atoms in total. The molecule has 76 heavy (non-hydrogen) atoms. The Morgan fingerprint density at radius 2 is 0.592 bits per heavy atom. The van der Waals surface area contributed by atoms with Crippen molar-refractivity contribution in [1.29, 1.82) is 0 Å². The first-order valence-corrected chi connectivity index (χ1v) is 33.6.